The molecule has 0 bridgehead atoms. The summed E-state index contributed by atoms with van der Waals surface area (Å²) in [5, 5.41) is 4.66. The van der Waals surface area contributed by atoms with Crippen LogP contribution in [0, 0.1) is 0 Å². The Kier molecular flexibility index (Phi) is 5.06. The van der Waals surface area contributed by atoms with Crippen molar-refractivity contribution in [1.29, 1.82) is 0 Å². The second kappa shape index (κ2) is 6.61. The molecule has 1 atom stereocenters. The van der Waals surface area contributed by atoms with Crippen LogP contribution in [0.25, 0.3) is 0 Å². The highest BCUT2D eigenvalue weighted by Crippen LogP contribution is 2.47. The number of rotatable bonds is 2. The minimum atomic E-state index is -1.48. The van der Waals surface area contributed by atoms with Crippen molar-refractivity contribution >= 4 is 69.4 Å². The summed E-state index contributed by atoms with van der Waals surface area (Å²) in [6, 6.07) is 15.3. The molecule has 0 aliphatic carbocycles. The maximum atomic E-state index is 6.29. The third kappa shape index (κ3) is 3.32. The van der Waals surface area contributed by atoms with Crippen LogP contribution in [0.5, 0.6) is 0 Å². The summed E-state index contributed by atoms with van der Waals surface area (Å²) in [6.07, 6.45) is -0.421. The summed E-state index contributed by atoms with van der Waals surface area (Å²) in [7, 11) is 0. The van der Waals surface area contributed by atoms with Gasteiger partial charge in [0.25, 0.3) is 3.79 Å². The number of nitrogens with one attached hydrogen (secondary N) is 1. The molecule has 1 saturated heterocycles. The minimum absolute atomic E-state index is 0.380. The Labute approximate surface area is 160 Å². The summed E-state index contributed by atoms with van der Waals surface area (Å²) in [4.78, 5) is 0. The average Bonchev–Trinajstić information content (AvgIpc) is 2.95. The Balaban J connectivity index is 2.21. The SMILES string of the molecule is Clc1ccc([N+]2(c3ccc(Cl)cc3)CCNC2C(Cl)(Cl)Cl)cc1. The van der Waals surface area contributed by atoms with E-state index >= 15 is 0 Å². The molecule has 122 valence electrons. The lowest BCUT2D eigenvalue weighted by Gasteiger charge is -2.41. The molecule has 0 aromatic heterocycles. The molecule has 0 radical (unpaired) electrons. The van der Waals surface area contributed by atoms with Crippen molar-refractivity contribution in [2.45, 2.75) is 9.96 Å². The summed E-state index contributed by atoms with van der Waals surface area (Å²) < 4.78 is -1.10. The minimum Gasteiger partial charge on any atom is -0.258 e. The molecule has 3 rings (SSSR count). The van der Waals surface area contributed by atoms with Gasteiger partial charge >= 0.3 is 0 Å². The molecule has 2 nitrogen and oxygen atoms in total. The predicted molar refractivity (Wildman–Crippen MR) is 101 cm³/mol. The fourth-order valence-corrected chi connectivity index (χ4v) is 4.13. The number of alkyl halides is 3. The highest BCUT2D eigenvalue weighted by Gasteiger charge is 2.55. The first-order valence-corrected chi connectivity index (χ1v) is 8.93. The van der Waals surface area contributed by atoms with Crippen LogP contribution in [0.1, 0.15) is 0 Å². The van der Waals surface area contributed by atoms with E-state index < -0.39 is 9.96 Å². The lowest BCUT2D eigenvalue weighted by molar-refractivity contribution is 0.339. The molecule has 2 aromatic rings. The third-order valence-corrected chi connectivity index (χ3v) is 5.25. The molecular formula is C16H14Cl5N2+. The van der Waals surface area contributed by atoms with Gasteiger partial charge in [-0.25, -0.2) is 4.48 Å². The van der Waals surface area contributed by atoms with Crippen LogP contribution < -0.4 is 9.80 Å². The monoisotopic (exact) mass is 409 g/mol. The topological polar surface area (TPSA) is 12.0 Å². The van der Waals surface area contributed by atoms with E-state index in [0.717, 1.165) is 24.5 Å². The molecular weight excluding hydrogens is 397 g/mol. The second-order valence-corrected chi connectivity index (χ2v) is 8.69. The van der Waals surface area contributed by atoms with Crippen LogP contribution in [0.2, 0.25) is 10.0 Å². The molecule has 1 fully saturated rings. The van der Waals surface area contributed by atoms with E-state index in [2.05, 4.69) is 5.32 Å². The summed E-state index contributed by atoms with van der Waals surface area (Å²) in [5.41, 5.74) is 2.00. The average molecular weight is 412 g/mol. The Morgan fingerprint density at radius 1 is 0.826 bits per heavy atom. The zero-order chi connectivity index (χ0) is 16.7. The van der Waals surface area contributed by atoms with Gasteiger partial charge in [0, 0.05) is 34.3 Å². The molecule has 23 heavy (non-hydrogen) atoms. The van der Waals surface area contributed by atoms with E-state index in [0.29, 0.717) is 14.5 Å². The largest absolute Gasteiger partial charge is 0.258 e. The van der Waals surface area contributed by atoms with Gasteiger partial charge in [0.15, 0.2) is 0 Å². The number of nitrogens with zero attached hydrogens (tertiary/aromatic N) is 1. The highest BCUT2D eigenvalue weighted by molar-refractivity contribution is 6.68. The maximum Gasteiger partial charge on any atom is 0.257 e. The van der Waals surface area contributed by atoms with E-state index in [4.69, 9.17) is 58.0 Å². The van der Waals surface area contributed by atoms with Gasteiger partial charge in [0.2, 0.25) is 6.17 Å². The number of halogens is 5. The number of quaternary nitrogens is 1. The predicted octanol–water partition coefficient (Wildman–Crippen LogP) is 5.93. The molecule has 1 aliphatic rings. The van der Waals surface area contributed by atoms with Crippen LogP contribution in [-0.4, -0.2) is 23.0 Å². The fraction of sp³-hybridized carbons (Fsp3) is 0.250. The van der Waals surface area contributed by atoms with Crippen molar-refractivity contribution in [2.24, 2.45) is 0 Å². The van der Waals surface area contributed by atoms with Crippen LogP contribution in [0.15, 0.2) is 48.5 Å². The molecule has 1 aliphatic heterocycles. The molecule has 2 aromatic carbocycles. The molecule has 1 N–H and O–H groups in total. The smallest absolute Gasteiger partial charge is 0.257 e. The lowest BCUT2D eigenvalue weighted by Crippen LogP contribution is -2.58. The lowest BCUT2D eigenvalue weighted by atomic mass is 10.1. The van der Waals surface area contributed by atoms with Crippen LogP contribution in [0.4, 0.5) is 11.4 Å². The van der Waals surface area contributed by atoms with Gasteiger partial charge in [-0.1, -0.05) is 58.0 Å². The Hall–Kier alpha value is -0.190. The summed E-state index contributed by atoms with van der Waals surface area (Å²) >= 11 is 30.9. The Bertz CT molecular complexity index is 634. The molecule has 1 heterocycles. The van der Waals surface area contributed by atoms with Gasteiger partial charge in [-0.15, -0.1) is 0 Å². The highest BCUT2D eigenvalue weighted by atomic mass is 35.6. The zero-order valence-electron chi connectivity index (χ0n) is 11.9. The standard InChI is InChI=1S/C16H14Cl5N2/c17-11-1-5-13(6-2-11)23(14-7-3-12(18)4-8-14)10-9-22-15(23)16(19,20)21/h1-8,15,22H,9-10H2/q+1. The number of hydrogen-bond acceptors (Lipinski definition) is 1. The first-order valence-electron chi connectivity index (χ1n) is 7.04. The first kappa shape index (κ1) is 17.6. The second-order valence-electron chi connectivity index (χ2n) is 5.44. The quantitative estimate of drug-likeness (QED) is 0.477. The summed E-state index contributed by atoms with van der Waals surface area (Å²) in [5.74, 6) is 0. The van der Waals surface area contributed by atoms with Crippen molar-refractivity contribution in [1.82, 2.24) is 9.80 Å². The number of hydrogen-bond donors (Lipinski definition) is 1. The van der Waals surface area contributed by atoms with E-state index in [1.54, 1.807) is 0 Å². The van der Waals surface area contributed by atoms with Gasteiger partial charge in [-0.3, -0.25) is 5.32 Å². The number of benzene rings is 2. The van der Waals surface area contributed by atoms with Crippen LogP contribution >= 0.6 is 58.0 Å². The Morgan fingerprint density at radius 2 is 1.26 bits per heavy atom. The molecule has 7 heteroatoms. The Morgan fingerprint density at radius 3 is 1.65 bits per heavy atom. The van der Waals surface area contributed by atoms with Gasteiger partial charge in [0.05, 0.1) is 6.54 Å². The van der Waals surface area contributed by atoms with Gasteiger partial charge in [0.1, 0.15) is 17.9 Å². The van der Waals surface area contributed by atoms with Crippen molar-refractivity contribution in [3.63, 3.8) is 0 Å². The van der Waals surface area contributed by atoms with Crippen molar-refractivity contribution in [3.05, 3.63) is 58.6 Å². The van der Waals surface area contributed by atoms with Crippen molar-refractivity contribution in [3.8, 4) is 0 Å². The van der Waals surface area contributed by atoms with E-state index in [1.807, 2.05) is 48.5 Å². The van der Waals surface area contributed by atoms with Crippen LogP contribution in [-0.2, 0) is 0 Å². The molecule has 0 saturated carbocycles. The van der Waals surface area contributed by atoms with E-state index in [9.17, 15) is 0 Å². The summed E-state index contributed by atoms with van der Waals surface area (Å²) in [6.45, 7) is 1.48. The maximum absolute atomic E-state index is 6.29. The van der Waals surface area contributed by atoms with E-state index in [1.165, 1.54) is 0 Å². The third-order valence-electron chi connectivity index (χ3n) is 4.13. The zero-order valence-corrected chi connectivity index (χ0v) is 15.7. The van der Waals surface area contributed by atoms with Crippen molar-refractivity contribution < 1.29 is 0 Å². The first-order chi connectivity index (χ1) is 10.8. The normalized spacial score (nSPS) is 20.7. The fourth-order valence-electron chi connectivity index (χ4n) is 3.15. The van der Waals surface area contributed by atoms with Gasteiger partial charge in [-0.2, -0.15) is 0 Å². The molecule has 1 unspecified atom stereocenters. The van der Waals surface area contributed by atoms with Gasteiger partial charge in [-0.05, 0) is 24.3 Å². The molecule has 0 spiro atoms. The van der Waals surface area contributed by atoms with Crippen LogP contribution in [0.3, 0.4) is 0 Å². The van der Waals surface area contributed by atoms with Gasteiger partial charge < -0.3 is 0 Å². The van der Waals surface area contributed by atoms with E-state index in [-0.39, 0.29) is 0 Å². The van der Waals surface area contributed by atoms with Crippen molar-refractivity contribution in [2.75, 3.05) is 13.1 Å². The molecule has 0 amide bonds.